The molecule has 3 heterocycles. The molecule has 0 unspecified atom stereocenters. The first-order valence-electron chi connectivity index (χ1n) is 8.50. The molecule has 1 aromatic heterocycles. The smallest absolute Gasteiger partial charge is 0.282 e. The summed E-state index contributed by atoms with van der Waals surface area (Å²) in [4.78, 5) is 30.6. The van der Waals surface area contributed by atoms with Gasteiger partial charge in [-0.25, -0.2) is 4.98 Å². The van der Waals surface area contributed by atoms with Crippen LogP contribution < -0.4 is 5.32 Å². The van der Waals surface area contributed by atoms with Crippen molar-refractivity contribution in [2.24, 2.45) is 5.41 Å². The second kappa shape index (κ2) is 6.59. The van der Waals surface area contributed by atoms with Gasteiger partial charge in [0.1, 0.15) is 0 Å². The molecule has 2 fully saturated rings. The molecule has 1 N–H and O–H groups in total. The van der Waals surface area contributed by atoms with E-state index >= 15 is 0 Å². The molecule has 0 saturated carbocycles. The van der Waals surface area contributed by atoms with E-state index in [1.54, 1.807) is 0 Å². The minimum Gasteiger partial charge on any atom is -0.356 e. The summed E-state index contributed by atoms with van der Waals surface area (Å²) in [5, 5.41) is 5.57. The lowest BCUT2D eigenvalue weighted by atomic mass is 9.73. The lowest BCUT2D eigenvalue weighted by Crippen LogP contribution is -2.43. The van der Waals surface area contributed by atoms with Crippen LogP contribution in [-0.2, 0) is 4.79 Å². The fourth-order valence-corrected chi connectivity index (χ4v) is 4.47. The van der Waals surface area contributed by atoms with E-state index in [9.17, 15) is 9.59 Å². The lowest BCUT2D eigenvalue weighted by molar-refractivity contribution is -0.121. The zero-order valence-corrected chi connectivity index (χ0v) is 14.7. The highest BCUT2D eigenvalue weighted by molar-refractivity contribution is 7.11. The number of nitrogens with one attached hydrogen (secondary N) is 1. The monoisotopic (exact) mass is 335 g/mol. The summed E-state index contributed by atoms with van der Waals surface area (Å²) in [6.45, 7) is 6.52. The molecular formula is C17H25N3O2S. The molecule has 3 rings (SSSR count). The van der Waals surface area contributed by atoms with E-state index in [-0.39, 0.29) is 17.2 Å². The van der Waals surface area contributed by atoms with Gasteiger partial charge in [-0.05, 0) is 37.0 Å². The maximum absolute atomic E-state index is 12.6. The molecule has 1 spiro atoms. The normalized spacial score (nSPS) is 21.3. The van der Waals surface area contributed by atoms with Gasteiger partial charge in [-0.1, -0.05) is 13.8 Å². The van der Waals surface area contributed by atoms with Gasteiger partial charge >= 0.3 is 0 Å². The molecule has 23 heavy (non-hydrogen) atoms. The van der Waals surface area contributed by atoms with E-state index in [0.717, 1.165) is 51.0 Å². The molecule has 0 atom stereocenters. The number of nitrogens with zero attached hydrogens (tertiary/aromatic N) is 2. The number of hydrogen-bond acceptors (Lipinski definition) is 4. The molecule has 2 amide bonds. The Balaban J connectivity index is 1.61. The van der Waals surface area contributed by atoms with E-state index in [1.807, 2.05) is 10.3 Å². The van der Waals surface area contributed by atoms with Crippen LogP contribution in [0.3, 0.4) is 0 Å². The van der Waals surface area contributed by atoms with Gasteiger partial charge in [0.05, 0.1) is 5.69 Å². The van der Waals surface area contributed by atoms with Crippen LogP contribution in [0.25, 0.3) is 0 Å². The predicted molar refractivity (Wildman–Crippen MR) is 90.6 cm³/mol. The Morgan fingerprint density at radius 3 is 2.70 bits per heavy atom. The Labute approximate surface area is 141 Å². The van der Waals surface area contributed by atoms with Crippen LogP contribution in [0.1, 0.15) is 67.4 Å². The summed E-state index contributed by atoms with van der Waals surface area (Å²) in [6.07, 6.45) is 4.61. The Morgan fingerprint density at radius 2 is 2.04 bits per heavy atom. The second-order valence-electron chi connectivity index (χ2n) is 7.12. The number of thiazole rings is 1. The van der Waals surface area contributed by atoms with E-state index in [0.29, 0.717) is 17.3 Å². The zero-order valence-electron chi connectivity index (χ0n) is 13.9. The van der Waals surface area contributed by atoms with Crippen molar-refractivity contribution in [2.45, 2.75) is 51.9 Å². The summed E-state index contributed by atoms with van der Waals surface area (Å²) < 4.78 is 0. The largest absolute Gasteiger partial charge is 0.356 e. The fraction of sp³-hybridized carbons (Fsp3) is 0.706. The van der Waals surface area contributed by atoms with Gasteiger partial charge in [-0.3, -0.25) is 9.59 Å². The van der Waals surface area contributed by atoms with Crippen molar-refractivity contribution >= 4 is 23.2 Å². The van der Waals surface area contributed by atoms with Gasteiger partial charge in [0.2, 0.25) is 5.91 Å². The van der Waals surface area contributed by atoms with Crippen LogP contribution in [-0.4, -0.2) is 41.3 Å². The third-order valence-electron chi connectivity index (χ3n) is 5.27. The number of aromatic nitrogens is 1. The molecule has 2 aliphatic rings. The SMILES string of the molecule is CC(C)c1csc(C(=O)N2CCC3(CCNC(=O)CC3)CC2)n1. The number of carbonyl (C=O) groups is 2. The standard InChI is InChI=1S/C17H25N3O2S/c1-12(2)13-11-23-15(19-13)16(22)20-9-6-17(7-10-20)4-3-14(21)18-8-5-17/h11-12H,3-10H2,1-2H3,(H,18,21). The van der Waals surface area contributed by atoms with E-state index in [4.69, 9.17) is 0 Å². The van der Waals surface area contributed by atoms with Crippen molar-refractivity contribution in [2.75, 3.05) is 19.6 Å². The quantitative estimate of drug-likeness (QED) is 0.904. The molecule has 5 nitrogen and oxygen atoms in total. The predicted octanol–water partition coefficient (Wildman–Crippen LogP) is 2.79. The molecule has 2 saturated heterocycles. The molecule has 6 heteroatoms. The molecule has 2 aliphatic heterocycles. The van der Waals surface area contributed by atoms with Crippen molar-refractivity contribution < 1.29 is 9.59 Å². The Hall–Kier alpha value is -1.43. The number of amides is 2. The van der Waals surface area contributed by atoms with Gasteiger partial charge in [-0.15, -0.1) is 11.3 Å². The van der Waals surface area contributed by atoms with Crippen LogP contribution >= 0.6 is 11.3 Å². The van der Waals surface area contributed by atoms with Gasteiger partial charge in [0.25, 0.3) is 5.91 Å². The maximum Gasteiger partial charge on any atom is 0.282 e. The summed E-state index contributed by atoms with van der Waals surface area (Å²) in [6, 6.07) is 0. The highest BCUT2D eigenvalue weighted by Gasteiger charge is 2.37. The first kappa shape index (κ1) is 16.4. The first-order chi connectivity index (χ1) is 11.0. The number of carbonyl (C=O) groups excluding carboxylic acids is 2. The van der Waals surface area contributed by atoms with Gasteiger partial charge < -0.3 is 10.2 Å². The molecule has 0 aromatic carbocycles. The summed E-state index contributed by atoms with van der Waals surface area (Å²) >= 11 is 1.45. The molecule has 126 valence electrons. The van der Waals surface area contributed by atoms with Crippen LogP contribution in [0.5, 0.6) is 0 Å². The first-order valence-corrected chi connectivity index (χ1v) is 9.38. The highest BCUT2D eigenvalue weighted by atomic mass is 32.1. The minimum atomic E-state index is 0.0690. The number of rotatable bonds is 2. The fourth-order valence-electron chi connectivity index (χ4n) is 3.53. The van der Waals surface area contributed by atoms with Crippen LogP contribution in [0, 0.1) is 5.41 Å². The van der Waals surface area contributed by atoms with Crippen molar-refractivity contribution in [1.29, 1.82) is 0 Å². The van der Waals surface area contributed by atoms with Crippen LogP contribution in [0.2, 0.25) is 0 Å². The molecule has 0 aliphatic carbocycles. The van der Waals surface area contributed by atoms with Gasteiger partial charge in [0, 0.05) is 31.4 Å². The van der Waals surface area contributed by atoms with Gasteiger partial charge in [0.15, 0.2) is 5.01 Å². The summed E-state index contributed by atoms with van der Waals surface area (Å²) in [5.41, 5.74) is 1.24. The lowest BCUT2D eigenvalue weighted by Gasteiger charge is -2.41. The topological polar surface area (TPSA) is 62.3 Å². The minimum absolute atomic E-state index is 0.0690. The van der Waals surface area contributed by atoms with Crippen LogP contribution in [0.15, 0.2) is 5.38 Å². The summed E-state index contributed by atoms with van der Waals surface area (Å²) in [5.74, 6) is 0.595. The Morgan fingerprint density at radius 1 is 1.30 bits per heavy atom. The molecule has 1 aromatic rings. The van der Waals surface area contributed by atoms with E-state index in [2.05, 4.69) is 24.1 Å². The highest BCUT2D eigenvalue weighted by Crippen LogP contribution is 2.40. The van der Waals surface area contributed by atoms with Gasteiger partial charge in [-0.2, -0.15) is 0 Å². The third-order valence-corrected chi connectivity index (χ3v) is 6.12. The van der Waals surface area contributed by atoms with Crippen molar-refractivity contribution in [1.82, 2.24) is 15.2 Å². The average molecular weight is 335 g/mol. The van der Waals surface area contributed by atoms with Crippen LogP contribution in [0.4, 0.5) is 0 Å². The number of hydrogen-bond donors (Lipinski definition) is 1. The Bertz CT molecular complexity index is 588. The maximum atomic E-state index is 12.6. The zero-order chi connectivity index (χ0) is 16.4. The average Bonchev–Trinajstić information content (AvgIpc) is 2.97. The second-order valence-corrected chi connectivity index (χ2v) is 7.98. The number of likely N-dealkylation sites (tertiary alicyclic amines) is 1. The third kappa shape index (κ3) is 3.57. The van der Waals surface area contributed by atoms with E-state index in [1.165, 1.54) is 11.3 Å². The molecule has 0 radical (unpaired) electrons. The number of piperidine rings is 1. The van der Waals surface area contributed by atoms with E-state index < -0.39 is 0 Å². The van der Waals surface area contributed by atoms with Crippen molar-refractivity contribution in [3.63, 3.8) is 0 Å². The van der Waals surface area contributed by atoms with Crippen molar-refractivity contribution in [3.05, 3.63) is 16.1 Å². The molecule has 0 bridgehead atoms. The summed E-state index contributed by atoms with van der Waals surface area (Å²) in [7, 11) is 0. The Kier molecular flexibility index (Phi) is 4.71. The van der Waals surface area contributed by atoms with Crippen molar-refractivity contribution in [3.8, 4) is 0 Å². The molecular weight excluding hydrogens is 310 g/mol.